The summed E-state index contributed by atoms with van der Waals surface area (Å²) in [4.78, 5) is 38.5. The van der Waals surface area contributed by atoms with E-state index in [-0.39, 0.29) is 24.3 Å². The largest absolute Gasteiger partial charge is 0.464 e. The first kappa shape index (κ1) is 25.1. The van der Waals surface area contributed by atoms with Crippen molar-refractivity contribution < 1.29 is 19.1 Å². The molecule has 2 aromatic carbocycles. The van der Waals surface area contributed by atoms with Crippen LogP contribution in [0.1, 0.15) is 38.8 Å². The Bertz CT molecular complexity index is 868. The van der Waals surface area contributed by atoms with Gasteiger partial charge in [-0.25, -0.2) is 4.79 Å². The fraction of sp³-hybridized carbons (Fsp3) is 0.423. The third kappa shape index (κ3) is 7.84. The van der Waals surface area contributed by atoms with Crippen LogP contribution in [0.2, 0.25) is 0 Å². The second-order valence-electron chi connectivity index (χ2n) is 8.29. The molecular formula is C26H34N2O4. The molecule has 2 aromatic rings. The van der Waals surface area contributed by atoms with Crippen LogP contribution in [0.4, 0.5) is 0 Å². The highest BCUT2D eigenvalue weighted by atomic mass is 16.5. The molecule has 0 radical (unpaired) electrons. The summed E-state index contributed by atoms with van der Waals surface area (Å²) in [5, 5.41) is 5.70. The summed E-state index contributed by atoms with van der Waals surface area (Å²) in [7, 11) is 0. The molecule has 0 heterocycles. The number of hydrogen-bond donors (Lipinski definition) is 2. The van der Waals surface area contributed by atoms with Crippen molar-refractivity contribution in [1.29, 1.82) is 0 Å². The van der Waals surface area contributed by atoms with Gasteiger partial charge < -0.3 is 15.4 Å². The molecule has 32 heavy (non-hydrogen) atoms. The fourth-order valence-electron chi connectivity index (χ4n) is 3.22. The van der Waals surface area contributed by atoms with Crippen molar-refractivity contribution in [2.75, 3.05) is 6.61 Å². The zero-order chi connectivity index (χ0) is 23.5. The smallest absolute Gasteiger partial charge is 0.328 e. The van der Waals surface area contributed by atoms with Crippen molar-refractivity contribution in [2.45, 2.75) is 52.6 Å². The number of amides is 2. The number of rotatable bonds is 11. The number of carbonyl (C=O) groups excluding carboxylic acids is 3. The van der Waals surface area contributed by atoms with Gasteiger partial charge in [0.1, 0.15) is 12.1 Å². The lowest BCUT2D eigenvalue weighted by Crippen LogP contribution is -2.54. The van der Waals surface area contributed by atoms with Crippen LogP contribution in [-0.2, 0) is 32.0 Å². The van der Waals surface area contributed by atoms with E-state index in [1.54, 1.807) is 6.92 Å². The van der Waals surface area contributed by atoms with Crippen molar-refractivity contribution in [3.8, 4) is 0 Å². The summed E-state index contributed by atoms with van der Waals surface area (Å²) < 4.78 is 5.18. The topological polar surface area (TPSA) is 84.5 Å². The molecule has 2 amide bonds. The average Bonchev–Trinajstić information content (AvgIpc) is 2.79. The van der Waals surface area contributed by atoms with Crippen molar-refractivity contribution in [1.82, 2.24) is 10.6 Å². The highest BCUT2D eigenvalue weighted by molar-refractivity contribution is 5.91. The second-order valence-corrected chi connectivity index (χ2v) is 8.29. The highest BCUT2D eigenvalue weighted by Gasteiger charge is 2.29. The number of carbonyl (C=O) groups is 3. The molecule has 2 N–H and O–H groups in total. The van der Waals surface area contributed by atoms with Gasteiger partial charge in [-0.15, -0.1) is 0 Å². The van der Waals surface area contributed by atoms with Crippen LogP contribution in [0.15, 0.2) is 60.7 Å². The molecule has 172 valence electrons. The summed E-state index contributed by atoms with van der Waals surface area (Å²) >= 11 is 0. The van der Waals surface area contributed by atoms with Crippen molar-refractivity contribution in [2.24, 2.45) is 11.8 Å². The Balaban J connectivity index is 2.21. The molecule has 6 nitrogen and oxygen atoms in total. The van der Waals surface area contributed by atoms with Crippen LogP contribution in [0.5, 0.6) is 0 Å². The lowest BCUT2D eigenvalue weighted by atomic mass is 9.96. The van der Waals surface area contributed by atoms with E-state index in [0.717, 1.165) is 11.1 Å². The molecule has 0 unspecified atom stereocenters. The molecule has 0 bridgehead atoms. The minimum absolute atomic E-state index is 0.140. The van der Waals surface area contributed by atoms with Gasteiger partial charge in [-0.2, -0.15) is 0 Å². The van der Waals surface area contributed by atoms with Gasteiger partial charge in [0.05, 0.1) is 6.61 Å². The third-order valence-electron chi connectivity index (χ3n) is 5.50. The summed E-state index contributed by atoms with van der Waals surface area (Å²) in [5.74, 6) is -1.20. The van der Waals surface area contributed by atoms with Crippen LogP contribution < -0.4 is 10.6 Å². The monoisotopic (exact) mass is 438 g/mol. The molecule has 0 aliphatic carbocycles. The van der Waals surface area contributed by atoms with Gasteiger partial charge in [-0.05, 0) is 24.0 Å². The lowest BCUT2D eigenvalue weighted by molar-refractivity contribution is -0.147. The van der Waals surface area contributed by atoms with E-state index in [1.807, 2.05) is 81.4 Å². The summed E-state index contributed by atoms with van der Waals surface area (Å²) in [6.45, 7) is 7.72. The van der Waals surface area contributed by atoms with Crippen LogP contribution in [-0.4, -0.2) is 36.5 Å². The predicted molar refractivity (Wildman–Crippen MR) is 125 cm³/mol. The van der Waals surface area contributed by atoms with E-state index in [4.69, 9.17) is 4.74 Å². The summed E-state index contributed by atoms with van der Waals surface area (Å²) in [6, 6.07) is 17.3. The molecule has 0 fully saturated rings. The predicted octanol–water partition coefficient (Wildman–Crippen LogP) is 3.30. The van der Waals surface area contributed by atoms with Crippen molar-refractivity contribution in [3.05, 3.63) is 71.8 Å². The number of hydrogen-bond acceptors (Lipinski definition) is 4. The van der Waals surface area contributed by atoms with Crippen molar-refractivity contribution >= 4 is 17.8 Å². The molecule has 0 aliphatic heterocycles. The maximum atomic E-state index is 13.3. The lowest BCUT2D eigenvalue weighted by Gasteiger charge is -2.25. The van der Waals surface area contributed by atoms with Gasteiger partial charge in [0, 0.05) is 18.8 Å². The molecule has 2 rings (SSSR count). The first-order valence-electron chi connectivity index (χ1n) is 11.2. The van der Waals surface area contributed by atoms with Gasteiger partial charge in [0.15, 0.2) is 0 Å². The maximum absolute atomic E-state index is 13.3. The minimum Gasteiger partial charge on any atom is -0.464 e. The maximum Gasteiger partial charge on any atom is 0.328 e. The molecule has 0 spiro atoms. The minimum atomic E-state index is -0.845. The first-order valence-corrected chi connectivity index (χ1v) is 11.2. The summed E-state index contributed by atoms with van der Waals surface area (Å²) in [6.07, 6.45) is 0.629. The van der Waals surface area contributed by atoms with E-state index in [1.165, 1.54) is 0 Å². The van der Waals surface area contributed by atoms with Gasteiger partial charge in [0.25, 0.3) is 0 Å². The van der Waals surface area contributed by atoms with Crippen molar-refractivity contribution in [3.63, 3.8) is 0 Å². The number of nitrogens with one attached hydrogen (secondary N) is 2. The van der Waals surface area contributed by atoms with E-state index < -0.39 is 24.0 Å². The SMILES string of the molecule is CCOC(=O)[C@H](Cc1ccccc1)NC(=O)[C@H](Cc1ccccc1)NC(=O)[C@@H](C)C(C)C. The standard InChI is InChI=1S/C26H34N2O4/c1-5-32-26(31)23(17-21-14-10-7-11-15-21)28-25(30)22(16-20-12-8-6-9-13-20)27-24(29)19(4)18(2)3/h6-15,18-19,22-23H,5,16-17H2,1-4H3,(H,27,29)(H,28,30)/t19-,22-,23-/m0/s1. The van der Waals surface area contributed by atoms with Crippen LogP contribution in [0, 0.1) is 11.8 Å². The zero-order valence-electron chi connectivity index (χ0n) is 19.3. The Morgan fingerprint density at radius 2 is 1.22 bits per heavy atom. The van der Waals surface area contributed by atoms with Gasteiger partial charge >= 0.3 is 5.97 Å². The Labute approximate surface area is 190 Å². The molecule has 3 atom stereocenters. The average molecular weight is 439 g/mol. The Morgan fingerprint density at radius 1 is 0.750 bits per heavy atom. The molecule has 6 heteroatoms. The first-order chi connectivity index (χ1) is 15.3. The van der Waals surface area contributed by atoms with Crippen LogP contribution in [0.3, 0.4) is 0 Å². The normalized spacial score (nSPS) is 13.7. The Kier molecular flexibility index (Phi) is 9.92. The van der Waals surface area contributed by atoms with Gasteiger partial charge in [-0.1, -0.05) is 81.4 Å². The molecular weight excluding hydrogens is 404 g/mol. The Hall–Kier alpha value is -3.15. The highest BCUT2D eigenvalue weighted by Crippen LogP contribution is 2.12. The molecule has 0 aliphatic rings. The van der Waals surface area contributed by atoms with Crippen LogP contribution in [0.25, 0.3) is 0 Å². The third-order valence-corrected chi connectivity index (χ3v) is 5.50. The van der Waals surface area contributed by atoms with E-state index in [0.29, 0.717) is 12.8 Å². The molecule has 0 aromatic heterocycles. The Morgan fingerprint density at radius 3 is 1.69 bits per heavy atom. The second kappa shape index (κ2) is 12.6. The summed E-state index contributed by atoms with van der Waals surface area (Å²) in [5.41, 5.74) is 1.82. The number of benzene rings is 2. The van der Waals surface area contributed by atoms with E-state index in [9.17, 15) is 14.4 Å². The van der Waals surface area contributed by atoms with E-state index in [2.05, 4.69) is 10.6 Å². The quantitative estimate of drug-likeness (QED) is 0.527. The number of esters is 1. The molecule has 0 saturated carbocycles. The number of ether oxygens (including phenoxy) is 1. The fourth-order valence-corrected chi connectivity index (χ4v) is 3.22. The molecule has 0 saturated heterocycles. The van der Waals surface area contributed by atoms with Crippen LogP contribution >= 0.6 is 0 Å². The van der Waals surface area contributed by atoms with E-state index >= 15 is 0 Å². The van der Waals surface area contributed by atoms with Gasteiger partial charge in [0.2, 0.25) is 11.8 Å². The zero-order valence-corrected chi connectivity index (χ0v) is 19.3. The van der Waals surface area contributed by atoms with Gasteiger partial charge in [-0.3, -0.25) is 9.59 Å².